The molecule has 2 nitrogen and oxygen atoms in total. The monoisotopic (exact) mass is 359 g/mol. The van der Waals surface area contributed by atoms with Crippen molar-refractivity contribution in [2.75, 3.05) is 0 Å². The predicted molar refractivity (Wildman–Crippen MR) is 71.6 cm³/mol. The molecule has 0 aliphatic carbocycles. The first-order valence-electron chi connectivity index (χ1n) is 4.87. The average molecular weight is 361 g/mol. The van der Waals surface area contributed by atoms with Crippen LogP contribution in [0.4, 0.5) is 4.39 Å². The van der Waals surface area contributed by atoms with Crippen molar-refractivity contribution in [1.82, 2.24) is 4.57 Å². The summed E-state index contributed by atoms with van der Waals surface area (Å²) in [6, 6.07) is 7.84. The molecule has 0 N–H and O–H groups in total. The summed E-state index contributed by atoms with van der Waals surface area (Å²) in [5.74, 6) is -0.265. The van der Waals surface area contributed by atoms with E-state index >= 15 is 0 Å². The van der Waals surface area contributed by atoms with Crippen molar-refractivity contribution in [2.24, 2.45) is 0 Å². The summed E-state index contributed by atoms with van der Waals surface area (Å²) in [7, 11) is 0. The zero-order chi connectivity index (χ0) is 12.4. The molecule has 0 unspecified atom stereocenters. The fraction of sp³-hybridized carbons (Fsp3) is 0.0833. The molecular formula is C12H8Br2FNO. The molecule has 0 saturated carbocycles. The molecule has 5 heteroatoms. The fourth-order valence-electron chi connectivity index (χ4n) is 1.48. The highest BCUT2D eigenvalue weighted by Gasteiger charge is 2.06. The molecule has 2 rings (SSSR count). The largest absolute Gasteiger partial charge is 0.337 e. The van der Waals surface area contributed by atoms with E-state index in [4.69, 9.17) is 0 Å². The Hall–Kier alpha value is -0.940. The number of nitrogens with zero attached hydrogens (tertiary/aromatic N) is 1. The van der Waals surface area contributed by atoms with Crippen LogP contribution in [-0.2, 0) is 6.54 Å². The van der Waals surface area contributed by atoms with E-state index in [9.17, 15) is 9.18 Å². The van der Waals surface area contributed by atoms with Crippen molar-refractivity contribution >= 4 is 31.9 Å². The summed E-state index contributed by atoms with van der Waals surface area (Å²) in [5, 5.41) is 0. The Bertz CT molecular complexity index is 610. The molecule has 0 radical (unpaired) electrons. The van der Waals surface area contributed by atoms with Gasteiger partial charge in [0, 0.05) is 18.8 Å². The quantitative estimate of drug-likeness (QED) is 0.750. The second-order valence-electron chi connectivity index (χ2n) is 3.54. The number of hydrogen-bond donors (Lipinski definition) is 0. The van der Waals surface area contributed by atoms with Crippen molar-refractivity contribution in [3.63, 3.8) is 0 Å². The number of halogens is 3. The second-order valence-corrected chi connectivity index (χ2v) is 5.09. The van der Waals surface area contributed by atoms with Gasteiger partial charge in [0.15, 0.2) is 5.43 Å². The van der Waals surface area contributed by atoms with Gasteiger partial charge in [0.05, 0.1) is 4.47 Å². The standard InChI is InChI=1S/C12H8Br2FNO/c13-11-10(17)4-5-16(12(11)14)7-8-2-1-3-9(15)6-8/h1-6H,7H2. The van der Waals surface area contributed by atoms with Gasteiger partial charge < -0.3 is 4.57 Å². The van der Waals surface area contributed by atoms with Crippen LogP contribution in [0.15, 0.2) is 50.4 Å². The molecule has 88 valence electrons. The minimum atomic E-state index is -0.265. The van der Waals surface area contributed by atoms with Crippen LogP contribution < -0.4 is 5.43 Å². The highest BCUT2D eigenvalue weighted by Crippen LogP contribution is 2.19. The van der Waals surface area contributed by atoms with E-state index in [0.29, 0.717) is 15.6 Å². The third-order valence-corrected chi connectivity index (χ3v) is 4.45. The molecule has 1 aromatic carbocycles. The normalized spacial score (nSPS) is 10.5. The Morgan fingerprint density at radius 2 is 2.00 bits per heavy atom. The molecule has 0 spiro atoms. The number of aromatic nitrogens is 1. The minimum Gasteiger partial charge on any atom is -0.337 e. The summed E-state index contributed by atoms with van der Waals surface area (Å²) < 4.78 is 16.0. The van der Waals surface area contributed by atoms with Crippen molar-refractivity contribution in [3.05, 3.63) is 67.2 Å². The Labute approximate surface area is 114 Å². The molecule has 1 aromatic heterocycles. The lowest BCUT2D eigenvalue weighted by Gasteiger charge is -2.10. The maximum absolute atomic E-state index is 13.0. The smallest absolute Gasteiger partial charge is 0.196 e. The summed E-state index contributed by atoms with van der Waals surface area (Å²) in [6.07, 6.45) is 1.67. The lowest BCUT2D eigenvalue weighted by Crippen LogP contribution is -2.10. The zero-order valence-corrected chi connectivity index (χ0v) is 11.8. The second kappa shape index (κ2) is 5.14. The van der Waals surface area contributed by atoms with Crippen molar-refractivity contribution in [1.29, 1.82) is 0 Å². The van der Waals surface area contributed by atoms with Gasteiger partial charge in [-0.2, -0.15) is 0 Å². The molecule has 0 fully saturated rings. The van der Waals surface area contributed by atoms with E-state index in [0.717, 1.165) is 5.56 Å². The van der Waals surface area contributed by atoms with Crippen molar-refractivity contribution < 1.29 is 4.39 Å². The summed E-state index contributed by atoms with van der Waals surface area (Å²) >= 11 is 6.53. The first-order valence-corrected chi connectivity index (χ1v) is 6.45. The molecule has 0 atom stereocenters. The van der Waals surface area contributed by atoms with Gasteiger partial charge in [-0.3, -0.25) is 4.79 Å². The molecular weight excluding hydrogens is 353 g/mol. The van der Waals surface area contributed by atoms with E-state index < -0.39 is 0 Å². The van der Waals surface area contributed by atoms with Crippen LogP contribution in [0.25, 0.3) is 0 Å². The van der Waals surface area contributed by atoms with Gasteiger partial charge in [-0.1, -0.05) is 12.1 Å². The fourth-order valence-corrected chi connectivity index (χ4v) is 2.28. The molecule has 0 aliphatic heterocycles. The SMILES string of the molecule is O=c1ccn(Cc2cccc(F)c2)c(Br)c1Br. The van der Waals surface area contributed by atoms with Gasteiger partial charge >= 0.3 is 0 Å². The maximum atomic E-state index is 13.0. The number of hydrogen-bond acceptors (Lipinski definition) is 1. The molecule has 2 aromatic rings. The van der Waals surface area contributed by atoms with Crippen LogP contribution in [-0.4, -0.2) is 4.57 Å². The Kier molecular flexibility index (Phi) is 3.79. The summed E-state index contributed by atoms with van der Waals surface area (Å²) in [6.45, 7) is 0.497. The van der Waals surface area contributed by atoms with Gasteiger partial charge in [-0.15, -0.1) is 0 Å². The molecule has 0 amide bonds. The number of benzene rings is 1. The zero-order valence-electron chi connectivity index (χ0n) is 8.66. The highest BCUT2D eigenvalue weighted by atomic mass is 79.9. The summed E-state index contributed by atoms with van der Waals surface area (Å²) in [4.78, 5) is 11.3. The Balaban J connectivity index is 2.37. The van der Waals surface area contributed by atoms with Crippen LogP contribution in [0.1, 0.15) is 5.56 Å². The van der Waals surface area contributed by atoms with Gasteiger partial charge in [0.1, 0.15) is 10.4 Å². The van der Waals surface area contributed by atoms with E-state index in [-0.39, 0.29) is 11.2 Å². The van der Waals surface area contributed by atoms with E-state index in [1.54, 1.807) is 12.3 Å². The maximum Gasteiger partial charge on any atom is 0.196 e. The molecule has 0 saturated heterocycles. The Morgan fingerprint density at radius 1 is 1.24 bits per heavy atom. The predicted octanol–water partition coefficient (Wildman–Crippen LogP) is 3.56. The molecule has 0 bridgehead atoms. The molecule has 1 heterocycles. The van der Waals surface area contributed by atoms with Gasteiger partial charge in [0.2, 0.25) is 0 Å². The number of rotatable bonds is 2. The minimum absolute atomic E-state index is 0.0904. The van der Waals surface area contributed by atoms with Crippen molar-refractivity contribution in [2.45, 2.75) is 6.54 Å². The van der Waals surface area contributed by atoms with Crippen LogP contribution >= 0.6 is 31.9 Å². The van der Waals surface area contributed by atoms with Crippen LogP contribution in [0.5, 0.6) is 0 Å². The average Bonchev–Trinajstić information content (AvgIpc) is 2.30. The van der Waals surface area contributed by atoms with Crippen LogP contribution in [0.2, 0.25) is 0 Å². The first kappa shape index (κ1) is 12.5. The van der Waals surface area contributed by atoms with Crippen LogP contribution in [0.3, 0.4) is 0 Å². The molecule has 17 heavy (non-hydrogen) atoms. The topological polar surface area (TPSA) is 22.0 Å². The highest BCUT2D eigenvalue weighted by molar-refractivity contribution is 9.13. The summed E-state index contributed by atoms with van der Waals surface area (Å²) in [5.41, 5.74) is 0.744. The van der Waals surface area contributed by atoms with Gasteiger partial charge in [-0.25, -0.2) is 4.39 Å². The van der Waals surface area contributed by atoms with Crippen molar-refractivity contribution in [3.8, 4) is 0 Å². The third-order valence-electron chi connectivity index (χ3n) is 2.30. The third kappa shape index (κ3) is 2.84. The number of pyridine rings is 1. The van der Waals surface area contributed by atoms with Gasteiger partial charge in [-0.05, 0) is 49.6 Å². The van der Waals surface area contributed by atoms with E-state index in [1.807, 2.05) is 10.6 Å². The lowest BCUT2D eigenvalue weighted by molar-refractivity contribution is 0.623. The first-order chi connectivity index (χ1) is 8.08. The lowest BCUT2D eigenvalue weighted by atomic mass is 10.2. The van der Waals surface area contributed by atoms with Crippen LogP contribution in [0, 0.1) is 5.82 Å². The molecule has 0 aliphatic rings. The van der Waals surface area contributed by atoms with E-state index in [1.165, 1.54) is 18.2 Å². The van der Waals surface area contributed by atoms with E-state index in [2.05, 4.69) is 31.9 Å². The Morgan fingerprint density at radius 3 is 2.71 bits per heavy atom. The van der Waals surface area contributed by atoms with Gasteiger partial charge in [0.25, 0.3) is 0 Å².